The molecule has 7 nitrogen and oxygen atoms in total. The van der Waals surface area contributed by atoms with Crippen LogP contribution in [-0.4, -0.2) is 31.0 Å². The molecule has 8 heteroatoms. The Kier molecular flexibility index (Phi) is 3.72. The van der Waals surface area contributed by atoms with Gasteiger partial charge >= 0.3 is 5.69 Å². The number of nitrogens with two attached hydrogens (primary N) is 1. The molecule has 1 heterocycles. The van der Waals surface area contributed by atoms with E-state index in [1.165, 1.54) is 12.1 Å². The van der Waals surface area contributed by atoms with Crippen LogP contribution in [0.3, 0.4) is 0 Å². The molecule has 0 aliphatic carbocycles. The fraction of sp³-hybridized carbons (Fsp3) is 0.455. The Bertz CT molecular complexity index is 599. The van der Waals surface area contributed by atoms with E-state index in [-0.39, 0.29) is 29.5 Å². The largest absolute Gasteiger partial charge is 0.482 e. The van der Waals surface area contributed by atoms with Crippen molar-refractivity contribution in [1.29, 1.82) is 0 Å². The third kappa shape index (κ3) is 3.21. The predicted octanol–water partition coefficient (Wildman–Crippen LogP) is 0.619. The van der Waals surface area contributed by atoms with Gasteiger partial charge in [0.25, 0.3) is 0 Å². The Labute approximate surface area is 110 Å². The summed E-state index contributed by atoms with van der Waals surface area (Å²) < 4.78 is 28.1. The second kappa shape index (κ2) is 5.14. The Morgan fingerprint density at radius 2 is 2.21 bits per heavy atom. The summed E-state index contributed by atoms with van der Waals surface area (Å²) in [5, 5.41) is 11.0. The van der Waals surface area contributed by atoms with Crippen LogP contribution < -0.4 is 10.5 Å². The van der Waals surface area contributed by atoms with Crippen LogP contribution in [0.4, 0.5) is 5.69 Å². The molecule has 1 atom stereocenters. The highest BCUT2D eigenvalue weighted by atomic mass is 32.2. The fourth-order valence-electron chi connectivity index (χ4n) is 1.97. The minimum absolute atomic E-state index is 0.0619. The zero-order chi connectivity index (χ0) is 14.0. The maximum atomic E-state index is 11.3. The van der Waals surface area contributed by atoms with Gasteiger partial charge in [0.15, 0.2) is 15.6 Å². The molecule has 0 saturated carbocycles. The van der Waals surface area contributed by atoms with E-state index in [0.29, 0.717) is 12.0 Å². The van der Waals surface area contributed by atoms with Crippen LogP contribution in [0.15, 0.2) is 18.2 Å². The Hall–Kier alpha value is -1.67. The molecule has 0 radical (unpaired) electrons. The lowest BCUT2D eigenvalue weighted by Crippen LogP contribution is -2.18. The molecular formula is C11H14N2O5S. The first kappa shape index (κ1) is 13.8. The normalized spacial score (nSPS) is 21.2. The van der Waals surface area contributed by atoms with Crippen molar-refractivity contribution < 1.29 is 18.1 Å². The van der Waals surface area contributed by atoms with E-state index in [9.17, 15) is 18.5 Å². The van der Waals surface area contributed by atoms with Gasteiger partial charge in [0.1, 0.15) is 6.10 Å². The molecule has 2 rings (SSSR count). The SMILES string of the molecule is NCc1ccc(OC2CCS(=O)(=O)C2)c([N+](=O)[O-])c1. The zero-order valence-electron chi connectivity index (χ0n) is 10.1. The first-order chi connectivity index (χ1) is 8.91. The number of nitrogens with zero attached hydrogens (tertiary/aromatic N) is 1. The van der Waals surface area contributed by atoms with Crippen LogP contribution in [0.2, 0.25) is 0 Å². The van der Waals surface area contributed by atoms with Gasteiger partial charge in [0.2, 0.25) is 0 Å². The van der Waals surface area contributed by atoms with Crippen molar-refractivity contribution in [3.8, 4) is 5.75 Å². The quantitative estimate of drug-likeness (QED) is 0.641. The van der Waals surface area contributed by atoms with Gasteiger partial charge in [-0.05, 0) is 18.1 Å². The molecule has 0 amide bonds. The van der Waals surface area contributed by atoms with Crippen LogP contribution in [0.5, 0.6) is 5.75 Å². The smallest absolute Gasteiger partial charge is 0.311 e. The van der Waals surface area contributed by atoms with E-state index in [1.807, 2.05) is 0 Å². The van der Waals surface area contributed by atoms with Gasteiger partial charge in [-0.1, -0.05) is 6.07 Å². The lowest BCUT2D eigenvalue weighted by atomic mass is 10.2. The van der Waals surface area contributed by atoms with Gasteiger partial charge in [-0.2, -0.15) is 0 Å². The number of hydrogen-bond donors (Lipinski definition) is 1. The van der Waals surface area contributed by atoms with E-state index in [2.05, 4.69) is 0 Å². The van der Waals surface area contributed by atoms with Crippen molar-refractivity contribution in [2.24, 2.45) is 5.73 Å². The molecular weight excluding hydrogens is 272 g/mol. The number of nitro benzene ring substituents is 1. The molecule has 1 unspecified atom stereocenters. The predicted molar refractivity (Wildman–Crippen MR) is 68.7 cm³/mol. The average Bonchev–Trinajstić information content (AvgIpc) is 2.69. The van der Waals surface area contributed by atoms with Gasteiger partial charge in [0, 0.05) is 12.6 Å². The highest BCUT2D eigenvalue weighted by molar-refractivity contribution is 7.91. The number of sulfone groups is 1. The second-order valence-electron chi connectivity index (χ2n) is 4.41. The summed E-state index contributed by atoms with van der Waals surface area (Å²) >= 11 is 0. The summed E-state index contributed by atoms with van der Waals surface area (Å²) in [4.78, 5) is 10.4. The maximum absolute atomic E-state index is 11.3. The molecule has 1 saturated heterocycles. The Morgan fingerprint density at radius 1 is 1.47 bits per heavy atom. The van der Waals surface area contributed by atoms with Crippen LogP contribution in [-0.2, 0) is 16.4 Å². The standard InChI is InChI=1S/C11H14N2O5S/c12-6-8-1-2-11(10(5-8)13(14)15)18-9-3-4-19(16,17)7-9/h1-2,5,9H,3-4,6-7,12H2. The third-order valence-corrected chi connectivity index (χ3v) is 4.68. The molecule has 19 heavy (non-hydrogen) atoms. The van der Waals surface area contributed by atoms with Gasteiger partial charge in [-0.15, -0.1) is 0 Å². The van der Waals surface area contributed by atoms with Crippen LogP contribution in [0.25, 0.3) is 0 Å². The minimum atomic E-state index is -3.08. The van der Waals surface area contributed by atoms with E-state index < -0.39 is 20.9 Å². The zero-order valence-corrected chi connectivity index (χ0v) is 10.9. The highest BCUT2D eigenvalue weighted by Crippen LogP contribution is 2.30. The van der Waals surface area contributed by atoms with Crippen molar-refractivity contribution in [1.82, 2.24) is 0 Å². The van der Waals surface area contributed by atoms with Crippen molar-refractivity contribution in [3.63, 3.8) is 0 Å². The summed E-state index contributed by atoms with van der Waals surface area (Å²) in [6.07, 6.45) is -0.162. The fourth-order valence-corrected chi connectivity index (χ4v) is 3.56. The summed E-state index contributed by atoms with van der Waals surface area (Å²) in [6.45, 7) is 0.193. The molecule has 0 aromatic heterocycles. The third-order valence-electron chi connectivity index (χ3n) is 2.94. The number of hydrogen-bond acceptors (Lipinski definition) is 6. The van der Waals surface area contributed by atoms with Gasteiger partial charge in [-0.25, -0.2) is 8.42 Å². The van der Waals surface area contributed by atoms with Crippen LogP contribution in [0, 0.1) is 10.1 Å². The van der Waals surface area contributed by atoms with E-state index in [4.69, 9.17) is 10.5 Å². The van der Waals surface area contributed by atoms with E-state index >= 15 is 0 Å². The molecule has 1 aliphatic rings. The lowest BCUT2D eigenvalue weighted by Gasteiger charge is -2.12. The lowest BCUT2D eigenvalue weighted by molar-refractivity contribution is -0.386. The second-order valence-corrected chi connectivity index (χ2v) is 6.63. The number of benzene rings is 1. The topological polar surface area (TPSA) is 113 Å². The van der Waals surface area contributed by atoms with Crippen LogP contribution in [0.1, 0.15) is 12.0 Å². The molecule has 1 aromatic carbocycles. The van der Waals surface area contributed by atoms with E-state index in [1.54, 1.807) is 6.07 Å². The summed E-state index contributed by atoms with van der Waals surface area (Å²) in [6, 6.07) is 4.44. The van der Waals surface area contributed by atoms with Gasteiger partial charge in [-0.3, -0.25) is 10.1 Å². The maximum Gasteiger partial charge on any atom is 0.311 e. The van der Waals surface area contributed by atoms with E-state index in [0.717, 1.165) is 0 Å². The molecule has 2 N–H and O–H groups in total. The molecule has 104 valence electrons. The van der Waals surface area contributed by atoms with Crippen molar-refractivity contribution in [3.05, 3.63) is 33.9 Å². The highest BCUT2D eigenvalue weighted by Gasteiger charge is 2.31. The number of ether oxygens (including phenoxy) is 1. The Balaban J connectivity index is 2.23. The molecule has 1 aliphatic heterocycles. The van der Waals surface area contributed by atoms with Crippen molar-refractivity contribution in [2.75, 3.05) is 11.5 Å². The number of rotatable bonds is 4. The summed E-state index contributed by atoms with van der Waals surface area (Å²) in [5.74, 6) is 0.0547. The first-order valence-corrected chi connectivity index (χ1v) is 7.58. The Morgan fingerprint density at radius 3 is 2.74 bits per heavy atom. The van der Waals surface area contributed by atoms with Gasteiger partial charge < -0.3 is 10.5 Å². The minimum Gasteiger partial charge on any atom is -0.482 e. The first-order valence-electron chi connectivity index (χ1n) is 5.76. The van der Waals surface area contributed by atoms with Crippen molar-refractivity contribution >= 4 is 15.5 Å². The molecule has 1 fully saturated rings. The molecule has 0 bridgehead atoms. The summed E-state index contributed by atoms with van der Waals surface area (Å²) in [7, 11) is -3.08. The monoisotopic (exact) mass is 286 g/mol. The van der Waals surface area contributed by atoms with Gasteiger partial charge in [0.05, 0.1) is 16.4 Å². The summed E-state index contributed by atoms with van der Waals surface area (Å²) in [5.41, 5.74) is 5.86. The number of nitro groups is 1. The molecule has 0 spiro atoms. The van der Waals surface area contributed by atoms with Crippen molar-refractivity contribution in [2.45, 2.75) is 19.1 Å². The average molecular weight is 286 g/mol. The molecule has 1 aromatic rings. The van der Waals surface area contributed by atoms with Crippen LogP contribution >= 0.6 is 0 Å².